The van der Waals surface area contributed by atoms with E-state index in [1.54, 1.807) is 11.3 Å². The molecule has 0 atom stereocenters. The molecule has 1 heterocycles. The molecule has 0 radical (unpaired) electrons. The van der Waals surface area contributed by atoms with Crippen molar-refractivity contribution >= 4 is 22.9 Å². The maximum absolute atomic E-state index is 5.80. The first kappa shape index (κ1) is 8.97. The average Bonchev–Trinajstić information content (AvgIpc) is 2.32. The van der Waals surface area contributed by atoms with Gasteiger partial charge in [-0.2, -0.15) is 0 Å². The zero-order valence-corrected chi connectivity index (χ0v) is 8.00. The van der Waals surface area contributed by atoms with Gasteiger partial charge in [0.1, 0.15) is 5.15 Å². The van der Waals surface area contributed by atoms with Crippen molar-refractivity contribution in [3.63, 3.8) is 0 Å². The molecule has 2 nitrogen and oxygen atoms in total. The molecular weight excluding hydrogens is 180 g/mol. The fourth-order valence-corrected chi connectivity index (χ4v) is 2.11. The van der Waals surface area contributed by atoms with Crippen LogP contribution in [0.2, 0.25) is 5.15 Å². The minimum absolute atomic E-state index is 0.500. The lowest BCUT2D eigenvalue weighted by molar-refractivity contribution is 0.908. The van der Waals surface area contributed by atoms with Crippen molar-refractivity contribution < 1.29 is 0 Å². The highest BCUT2D eigenvalue weighted by Gasteiger charge is 2.05. The molecule has 0 saturated heterocycles. The van der Waals surface area contributed by atoms with E-state index in [0.29, 0.717) is 11.7 Å². The first-order valence-corrected chi connectivity index (χ1v) is 4.81. The zero-order valence-electron chi connectivity index (χ0n) is 6.43. The van der Waals surface area contributed by atoms with Crippen molar-refractivity contribution in [1.82, 2.24) is 4.98 Å². The maximum Gasteiger partial charge on any atom is 0.144 e. The van der Waals surface area contributed by atoms with Crippen LogP contribution >= 0.6 is 22.9 Å². The molecule has 4 heteroatoms. The molecule has 62 valence electrons. The van der Waals surface area contributed by atoms with Gasteiger partial charge in [-0.25, -0.2) is 4.98 Å². The van der Waals surface area contributed by atoms with E-state index in [-0.39, 0.29) is 0 Å². The minimum atomic E-state index is 0.500. The van der Waals surface area contributed by atoms with Crippen molar-refractivity contribution in [3.05, 3.63) is 15.0 Å². The molecule has 1 rings (SSSR count). The van der Waals surface area contributed by atoms with E-state index in [2.05, 4.69) is 11.9 Å². The van der Waals surface area contributed by atoms with E-state index in [9.17, 15) is 0 Å². The molecule has 0 aliphatic carbocycles. The molecule has 0 spiro atoms. The van der Waals surface area contributed by atoms with Gasteiger partial charge in [-0.15, -0.1) is 11.3 Å². The van der Waals surface area contributed by atoms with Gasteiger partial charge in [0.25, 0.3) is 0 Å². The molecule has 0 aliphatic heterocycles. The van der Waals surface area contributed by atoms with Gasteiger partial charge < -0.3 is 5.73 Å². The number of aromatic nitrogens is 1. The molecule has 1 aromatic rings. The van der Waals surface area contributed by atoms with E-state index < -0.39 is 0 Å². The van der Waals surface area contributed by atoms with E-state index in [1.165, 1.54) is 0 Å². The first-order valence-electron chi connectivity index (χ1n) is 3.62. The summed E-state index contributed by atoms with van der Waals surface area (Å²) in [6.07, 6.45) is 2.11. The van der Waals surface area contributed by atoms with Crippen molar-refractivity contribution in [3.8, 4) is 0 Å². The number of nitrogens with zero attached hydrogens (tertiary/aromatic N) is 1. The van der Waals surface area contributed by atoms with E-state index in [1.807, 2.05) is 0 Å². The molecule has 0 aliphatic rings. The summed E-state index contributed by atoms with van der Waals surface area (Å²) in [5.74, 6) is 0. The molecule has 11 heavy (non-hydrogen) atoms. The Balaban J connectivity index is 2.77. The number of hydrogen-bond acceptors (Lipinski definition) is 3. The van der Waals surface area contributed by atoms with Gasteiger partial charge in [-0.3, -0.25) is 0 Å². The minimum Gasteiger partial charge on any atom is -0.326 e. The third-order valence-electron chi connectivity index (χ3n) is 1.34. The predicted octanol–water partition coefficient (Wildman–Crippen LogP) is 2.21. The highest BCUT2D eigenvalue weighted by atomic mass is 35.5. The second-order valence-corrected chi connectivity index (χ2v) is 3.80. The Morgan fingerprint density at radius 2 is 2.36 bits per heavy atom. The van der Waals surface area contributed by atoms with Crippen molar-refractivity contribution in [2.45, 2.75) is 26.3 Å². The highest BCUT2D eigenvalue weighted by molar-refractivity contribution is 7.12. The summed E-state index contributed by atoms with van der Waals surface area (Å²) in [6.45, 7) is 2.62. The van der Waals surface area contributed by atoms with Crippen LogP contribution in [0.4, 0.5) is 0 Å². The van der Waals surface area contributed by atoms with E-state index >= 15 is 0 Å². The Morgan fingerprint density at radius 3 is 2.82 bits per heavy atom. The van der Waals surface area contributed by atoms with Gasteiger partial charge in [0.15, 0.2) is 0 Å². The second kappa shape index (κ2) is 4.04. The monoisotopic (exact) mass is 190 g/mol. The van der Waals surface area contributed by atoms with Crippen LogP contribution in [-0.2, 0) is 13.0 Å². The van der Waals surface area contributed by atoms with Gasteiger partial charge in [0.2, 0.25) is 0 Å². The predicted molar refractivity (Wildman–Crippen MR) is 49.0 cm³/mol. The Kier molecular flexibility index (Phi) is 3.30. The van der Waals surface area contributed by atoms with Crippen LogP contribution in [-0.4, -0.2) is 4.98 Å². The van der Waals surface area contributed by atoms with Crippen LogP contribution in [0.25, 0.3) is 0 Å². The van der Waals surface area contributed by atoms with E-state index in [4.69, 9.17) is 17.3 Å². The lowest BCUT2D eigenvalue weighted by Crippen LogP contribution is -1.92. The fraction of sp³-hybridized carbons (Fsp3) is 0.571. The van der Waals surface area contributed by atoms with Gasteiger partial charge in [-0.05, 0) is 12.8 Å². The number of thiazole rings is 1. The molecular formula is C7H11ClN2S. The second-order valence-electron chi connectivity index (χ2n) is 2.28. The number of halogens is 1. The highest BCUT2D eigenvalue weighted by Crippen LogP contribution is 2.23. The van der Waals surface area contributed by atoms with Crippen LogP contribution in [0.15, 0.2) is 0 Å². The summed E-state index contributed by atoms with van der Waals surface area (Å²) >= 11 is 7.42. The SMILES string of the molecule is CCCc1nc(Cl)c(CN)s1. The van der Waals surface area contributed by atoms with Crippen LogP contribution < -0.4 is 5.73 Å². The Hall–Kier alpha value is -0.120. The standard InChI is InChI=1S/C7H11ClN2S/c1-2-3-6-10-7(8)5(4-9)11-6/h2-4,9H2,1H3. The Labute approximate surface area is 75.4 Å². The van der Waals surface area contributed by atoms with E-state index in [0.717, 1.165) is 22.7 Å². The van der Waals surface area contributed by atoms with Crippen molar-refractivity contribution in [2.24, 2.45) is 5.73 Å². The Morgan fingerprint density at radius 1 is 1.64 bits per heavy atom. The van der Waals surface area contributed by atoms with Gasteiger partial charge in [0.05, 0.1) is 9.88 Å². The largest absolute Gasteiger partial charge is 0.326 e. The van der Waals surface area contributed by atoms with Crippen LogP contribution in [0.5, 0.6) is 0 Å². The van der Waals surface area contributed by atoms with Crippen LogP contribution in [0, 0.1) is 0 Å². The van der Waals surface area contributed by atoms with Gasteiger partial charge in [0, 0.05) is 6.54 Å². The molecule has 2 N–H and O–H groups in total. The summed E-state index contributed by atoms with van der Waals surface area (Å²) in [6, 6.07) is 0. The smallest absolute Gasteiger partial charge is 0.144 e. The molecule has 0 fully saturated rings. The molecule has 0 unspecified atom stereocenters. The molecule has 1 aromatic heterocycles. The first-order chi connectivity index (χ1) is 5.27. The van der Waals surface area contributed by atoms with Crippen molar-refractivity contribution in [1.29, 1.82) is 0 Å². The topological polar surface area (TPSA) is 38.9 Å². The zero-order chi connectivity index (χ0) is 8.27. The van der Waals surface area contributed by atoms with Gasteiger partial charge >= 0.3 is 0 Å². The summed E-state index contributed by atoms with van der Waals surface area (Å²) in [4.78, 5) is 5.17. The number of rotatable bonds is 3. The number of aryl methyl sites for hydroxylation is 1. The molecule has 0 saturated carbocycles. The third kappa shape index (κ3) is 2.15. The van der Waals surface area contributed by atoms with Crippen molar-refractivity contribution in [2.75, 3.05) is 0 Å². The Bertz CT molecular complexity index is 234. The normalized spacial score (nSPS) is 10.5. The summed E-state index contributed by atoms with van der Waals surface area (Å²) in [5.41, 5.74) is 5.45. The van der Waals surface area contributed by atoms with Gasteiger partial charge in [-0.1, -0.05) is 18.5 Å². The van der Waals surface area contributed by atoms with Crippen LogP contribution in [0.1, 0.15) is 23.2 Å². The molecule has 0 amide bonds. The van der Waals surface area contributed by atoms with Crippen LogP contribution in [0.3, 0.4) is 0 Å². The summed E-state index contributed by atoms with van der Waals surface area (Å²) < 4.78 is 0. The lowest BCUT2D eigenvalue weighted by atomic mass is 10.4. The number of hydrogen-bond donors (Lipinski definition) is 1. The number of nitrogens with two attached hydrogens (primary N) is 1. The molecule has 0 aromatic carbocycles. The quantitative estimate of drug-likeness (QED) is 0.794. The summed E-state index contributed by atoms with van der Waals surface area (Å²) in [7, 11) is 0. The third-order valence-corrected chi connectivity index (χ3v) is 2.91. The average molecular weight is 191 g/mol. The molecule has 0 bridgehead atoms. The maximum atomic E-state index is 5.80. The fourth-order valence-electron chi connectivity index (χ4n) is 0.826. The summed E-state index contributed by atoms with van der Waals surface area (Å²) in [5, 5.41) is 1.68. The lowest BCUT2D eigenvalue weighted by Gasteiger charge is -1.86.